The molecule has 2 aromatic rings. The topological polar surface area (TPSA) is 63.2 Å². The number of fused-ring (bicyclic) bond motifs is 2. The summed E-state index contributed by atoms with van der Waals surface area (Å²) in [6.45, 7) is 4.05. The van der Waals surface area contributed by atoms with E-state index in [0.717, 1.165) is 62.9 Å². The van der Waals surface area contributed by atoms with Crippen LogP contribution in [0.25, 0.3) is 11.0 Å². The number of piperidine rings is 1. The van der Waals surface area contributed by atoms with Gasteiger partial charge in [-0.2, -0.15) is 0 Å². The van der Waals surface area contributed by atoms with E-state index in [2.05, 4.69) is 37.5 Å². The van der Waals surface area contributed by atoms with Crippen LogP contribution in [0.2, 0.25) is 0 Å². The molecule has 1 saturated heterocycles. The minimum atomic E-state index is 0.434. The zero-order valence-corrected chi connectivity index (χ0v) is 14.3. The normalized spacial score (nSPS) is 18.9. The lowest BCUT2D eigenvalue weighted by Crippen LogP contribution is -2.39. The Balaban J connectivity index is 1.34. The van der Waals surface area contributed by atoms with Crippen LogP contribution in [0, 0.1) is 0 Å². The largest absolute Gasteiger partial charge is 0.381 e. The number of anilines is 1. The molecule has 0 atom stereocenters. The first-order valence-corrected chi connectivity index (χ1v) is 8.97. The van der Waals surface area contributed by atoms with Crippen molar-refractivity contribution in [3.05, 3.63) is 23.3 Å². The summed E-state index contributed by atoms with van der Waals surface area (Å²) in [5, 5.41) is 11.9. The first kappa shape index (κ1) is 15.7. The number of nitrogens with one attached hydrogen (secondary N) is 1. The van der Waals surface area contributed by atoms with Crippen LogP contribution in [0.5, 0.6) is 0 Å². The second-order valence-corrected chi connectivity index (χ2v) is 6.80. The van der Waals surface area contributed by atoms with Gasteiger partial charge in [0.1, 0.15) is 5.52 Å². The van der Waals surface area contributed by atoms with Crippen molar-refractivity contribution in [3.8, 4) is 0 Å². The van der Waals surface area contributed by atoms with Gasteiger partial charge in [-0.25, -0.2) is 4.98 Å². The maximum absolute atomic E-state index is 5.42. The molecule has 128 valence electrons. The van der Waals surface area contributed by atoms with Crippen molar-refractivity contribution in [1.82, 2.24) is 20.1 Å². The van der Waals surface area contributed by atoms with Gasteiger partial charge < -0.3 is 15.0 Å². The lowest BCUT2D eigenvalue weighted by atomic mass is 10.1. The molecule has 0 saturated carbocycles. The molecule has 0 bridgehead atoms. The number of aryl methyl sites for hydroxylation is 2. The Hall–Kier alpha value is -1.79. The molecular weight excluding hydrogens is 302 g/mol. The fourth-order valence-corrected chi connectivity index (χ4v) is 3.77. The van der Waals surface area contributed by atoms with Crippen molar-refractivity contribution in [2.45, 2.75) is 38.2 Å². The number of benzene rings is 1. The van der Waals surface area contributed by atoms with Crippen LogP contribution in [0.3, 0.4) is 0 Å². The van der Waals surface area contributed by atoms with E-state index < -0.39 is 0 Å². The molecule has 1 aliphatic carbocycles. The van der Waals surface area contributed by atoms with Crippen molar-refractivity contribution in [2.75, 3.05) is 38.6 Å². The summed E-state index contributed by atoms with van der Waals surface area (Å²) in [6, 6.07) is 4.34. The third-order valence-corrected chi connectivity index (χ3v) is 5.25. The summed E-state index contributed by atoms with van der Waals surface area (Å²) in [6.07, 6.45) is 6.24. The van der Waals surface area contributed by atoms with Crippen molar-refractivity contribution in [2.24, 2.45) is 0 Å². The van der Waals surface area contributed by atoms with E-state index in [1.807, 2.05) is 0 Å². The smallest absolute Gasteiger partial charge is 0.243 e. The number of methoxy groups -OCH3 is 1. The second kappa shape index (κ2) is 6.99. The Morgan fingerprint density at radius 1 is 1.12 bits per heavy atom. The van der Waals surface area contributed by atoms with E-state index in [1.165, 1.54) is 17.5 Å². The van der Waals surface area contributed by atoms with Gasteiger partial charge >= 0.3 is 0 Å². The van der Waals surface area contributed by atoms with E-state index in [1.54, 1.807) is 7.11 Å². The highest BCUT2D eigenvalue weighted by atomic mass is 16.5. The standard InChI is InChI=1S/C18H25N5O/c1-24-15-5-8-23(9-6-15)10-7-19-18-20-16-11-13-3-2-4-14(13)12-17(16)21-22-18/h11-12,15H,2-10H2,1H3,(H,19,20,22). The predicted octanol–water partition coefficient (Wildman–Crippen LogP) is 2.04. The Morgan fingerprint density at radius 2 is 1.88 bits per heavy atom. The number of rotatable bonds is 5. The van der Waals surface area contributed by atoms with Gasteiger partial charge in [-0.05, 0) is 55.4 Å². The third kappa shape index (κ3) is 3.35. The number of hydrogen-bond donors (Lipinski definition) is 1. The molecular formula is C18H25N5O. The average Bonchev–Trinajstić information content (AvgIpc) is 3.07. The monoisotopic (exact) mass is 327 g/mol. The first-order chi connectivity index (χ1) is 11.8. The van der Waals surface area contributed by atoms with E-state index in [9.17, 15) is 0 Å². The molecule has 1 aromatic carbocycles. The predicted molar refractivity (Wildman–Crippen MR) is 94.3 cm³/mol. The van der Waals surface area contributed by atoms with Gasteiger partial charge in [-0.15, -0.1) is 10.2 Å². The molecule has 1 aliphatic heterocycles. The summed E-state index contributed by atoms with van der Waals surface area (Å²) < 4.78 is 5.42. The van der Waals surface area contributed by atoms with Gasteiger partial charge in [0.05, 0.1) is 11.6 Å². The third-order valence-electron chi connectivity index (χ3n) is 5.25. The fraction of sp³-hybridized carbons (Fsp3) is 0.611. The minimum Gasteiger partial charge on any atom is -0.381 e. The van der Waals surface area contributed by atoms with Crippen molar-refractivity contribution in [3.63, 3.8) is 0 Å². The van der Waals surface area contributed by atoms with Crippen LogP contribution in [-0.2, 0) is 17.6 Å². The van der Waals surface area contributed by atoms with Crippen LogP contribution in [0.1, 0.15) is 30.4 Å². The SMILES string of the molecule is COC1CCN(CCNc2nnc3cc4c(cc3n2)CCC4)CC1. The van der Waals surface area contributed by atoms with Crippen LogP contribution < -0.4 is 5.32 Å². The zero-order chi connectivity index (χ0) is 16.4. The summed E-state index contributed by atoms with van der Waals surface area (Å²) >= 11 is 0. The van der Waals surface area contributed by atoms with E-state index in [0.29, 0.717) is 12.1 Å². The van der Waals surface area contributed by atoms with Gasteiger partial charge in [0.15, 0.2) is 0 Å². The molecule has 1 aromatic heterocycles. The van der Waals surface area contributed by atoms with Crippen LogP contribution >= 0.6 is 0 Å². The molecule has 4 rings (SSSR count). The lowest BCUT2D eigenvalue weighted by Gasteiger charge is -2.31. The molecule has 1 fully saturated rings. The first-order valence-electron chi connectivity index (χ1n) is 8.97. The maximum atomic E-state index is 5.42. The van der Waals surface area contributed by atoms with Crippen molar-refractivity contribution in [1.29, 1.82) is 0 Å². The number of nitrogens with zero attached hydrogens (tertiary/aromatic N) is 4. The maximum Gasteiger partial charge on any atom is 0.243 e. The van der Waals surface area contributed by atoms with Crippen LogP contribution in [-0.4, -0.2) is 59.5 Å². The lowest BCUT2D eigenvalue weighted by molar-refractivity contribution is 0.0423. The Bertz CT molecular complexity index is 712. The van der Waals surface area contributed by atoms with Gasteiger partial charge in [0.2, 0.25) is 5.95 Å². The van der Waals surface area contributed by atoms with Gasteiger partial charge in [0, 0.05) is 33.3 Å². The van der Waals surface area contributed by atoms with Gasteiger partial charge in [0.25, 0.3) is 0 Å². The zero-order valence-electron chi connectivity index (χ0n) is 14.3. The average molecular weight is 327 g/mol. The molecule has 1 N–H and O–H groups in total. The van der Waals surface area contributed by atoms with E-state index in [-0.39, 0.29) is 0 Å². The summed E-state index contributed by atoms with van der Waals surface area (Å²) in [7, 11) is 1.81. The molecule has 6 heteroatoms. The highest BCUT2D eigenvalue weighted by Crippen LogP contribution is 2.25. The number of aromatic nitrogens is 3. The Morgan fingerprint density at radius 3 is 2.62 bits per heavy atom. The molecule has 24 heavy (non-hydrogen) atoms. The minimum absolute atomic E-state index is 0.434. The molecule has 2 heterocycles. The van der Waals surface area contributed by atoms with Crippen molar-refractivity contribution < 1.29 is 4.74 Å². The molecule has 0 spiro atoms. The Kier molecular flexibility index (Phi) is 4.58. The molecule has 0 radical (unpaired) electrons. The summed E-state index contributed by atoms with van der Waals surface area (Å²) in [5.74, 6) is 0.632. The highest BCUT2D eigenvalue weighted by molar-refractivity contribution is 5.77. The van der Waals surface area contributed by atoms with Gasteiger partial charge in [-0.1, -0.05) is 0 Å². The van der Waals surface area contributed by atoms with E-state index >= 15 is 0 Å². The quantitative estimate of drug-likeness (QED) is 0.907. The second-order valence-electron chi connectivity index (χ2n) is 6.80. The molecule has 0 amide bonds. The molecule has 2 aliphatic rings. The highest BCUT2D eigenvalue weighted by Gasteiger charge is 2.18. The molecule has 0 unspecified atom stereocenters. The molecule has 6 nitrogen and oxygen atoms in total. The van der Waals surface area contributed by atoms with E-state index in [4.69, 9.17) is 4.74 Å². The summed E-state index contributed by atoms with van der Waals surface area (Å²) in [4.78, 5) is 7.10. The number of ether oxygens (including phenoxy) is 1. The fourth-order valence-electron chi connectivity index (χ4n) is 3.77. The van der Waals surface area contributed by atoms with Crippen LogP contribution in [0.15, 0.2) is 12.1 Å². The summed E-state index contributed by atoms with van der Waals surface area (Å²) in [5.41, 5.74) is 4.70. The van der Waals surface area contributed by atoms with Gasteiger partial charge in [-0.3, -0.25) is 0 Å². The Labute approximate surface area is 142 Å². The van der Waals surface area contributed by atoms with Crippen molar-refractivity contribution >= 4 is 17.0 Å². The number of hydrogen-bond acceptors (Lipinski definition) is 6. The van der Waals surface area contributed by atoms with Crippen LogP contribution in [0.4, 0.5) is 5.95 Å². The number of likely N-dealkylation sites (tertiary alicyclic amines) is 1.